The van der Waals surface area contributed by atoms with E-state index in [9.17, 15) is 4.57 Å². The molecule has 0 aliphatic heterocycles. The molecule has 0 heterocycles. The van der Waals surface area contributed by atoms with E-state index in [-0.39, 0.29) is 6.61 Å². The molecule has 3 rings (SSSR count). The number of rotatable bonds is 8. The molecule has 0 spiro atoms. The van der Waals surface area contributed by atoms with Gasteiger partial charge in [-0.3, -0.25) is 4.52 Å². The zero-order valence-electron chi connectivity index (χ0n) is 16.6. The molecule has 0 saturated heterocycles. The highest BCUT2D eigenvalue weighted by atomic mass is 31.2. The Morgan fingerprint density at radius 2 is 2.18 bits per heavy atom. The van der Waals surface area contributed by atoms with E-state index in [0.29, 0.717) is 18.8 Å². The first-order valence-electron chi connectivity index (χ1n) is 10.3. The zero-order valence-corrected chi connectivity index (χ0v) is 17.5. The van der Waals surface area contributed by atoms with Gasteiger partial charge in [-0.25, -0.2) is 4.57 Å². The molecule has 6 heteroatoms. The molecule has 2 aliphatic carbocycles. The monoisotopic (exact) mass is 405 g/mol. The standard InChI is InChI=1S/C22H32NO4P/c1-2-3-4-5-6-17-7-8-19-14-20(10-9-18(19)13-17)21-11-12-22(23,15-21)16-27-28(24,25)26/h5-6,9-10,13-14,21H,2-4,7-8,11-12,15-16,23H2,1H3,(H2,24,25,26)/b6-5+/t21-,22+/m0/s1. The highest BCUT2D eigenvalue weighted by molar-refractivity contribution is 7.46. The lowest BCUT2D eigenvalue weighted by Crippen LogP contribution is -2.41. The van der Waals surface area contributed by atoms with Crippen LogP contribution in [0.3, 0.4) is 0 Å². The summed E-state index contributed by atoms with van der Waals surface area (Å²) in [4.78, 5) is 17.9. The number of aryl methyl sites for hydroxylation is 1. The number of hydrogen-bond acceptors (Lipinski definition) is 3. The fourth-order valence-corrected chi connectivity index (χ4v) is 4.69. The lowest BCUT2D eigenvalue weighted by Gasteiger charge is -2.24. The summed E-state index contributed by atoms with van der Waals surface area (Å²) in [6.45, 7) is 2.11. The Hall–Kier alpha value is -1.23. The van der Waals surface area contributed by atoms with Crippen LogP contribution in [0.25, 0.3) is 6.08 Å². The van der Waals surface area contributed by atoms with Gasteiger partial charge in [-0.2, -0.15) is 0 Å². The third kappa shape index (κ3) is 5.88. The van der Waals surface area contributed by atoms with Crippen LogP contribution in [-0.4, -0.2) is 21.9 Å². The Morgan fingerprint density at radius 3 is 2.93 bits per heavy atom. The smallest absolute Gasteiger partial charge is 0.323 e. The quantitative estimate of drug-likeness (QED) is 0.425. The Bertz CT molecular complexity index is 798. The largest absolute Gasteiger partial charge is 0.469 e. The minimum Gasteiger partial charge on any atom is -0.323 e. The van der Waals surface area contributed by atoms with Crippen LogP contribution in [-0.2, 0) is 15.5 Å². The second-order valence-electron chi connectivity index (χ2n) is 8.29. The van der Waals surface area contributed by atoms with Crippen molar-refractivity contribution in [3.8, 4) is 0 Å². The van der Waals surface area contributed by atoms with E-state index >= 15 is 0 Å². The van der Waals surface area contributed by atoms with Crippen molar-refractivity contribution < 1.29 is 18.9 Å². The molecule has 0 amide bonds. The summed E-state index contributed by atoms with van der Waals surface area (Å²) in [5.41, 5.74) is 11.0. The van der Waals surface area contributed by atoms with E-state index < -0.39 is 13.4 Å². The van der Waals surface area contributed by atoms with Crippen molar-refractivity contribution in [2.75, 3.05) is 6.61 Å². The lowest BCUT2D eigenvalue weighted by atomic mass is 9.86. The van der Waals surface area contributed by atoms with Gasteiger partial charge in [0.25, 0.3) is 0 Å². The minimum atomic E-state index is -4.48. The summed E-state index contributed by atoms with van der Waals surface area (Å²) in [6, 6.07) is 6.68. The molecule has 0 unspecified atom stereocenters. The number of phosphoric acid groups is 1. The van der Waals surface area contributed by atoms with Crippen molar-refractivity contribution in [3.05, 3.63) is 52.6 Å². The van der Waals surface area contributed by atoms with Gasteiger partial charge in [0.15, 0.2) is 0 Å². The Balaban J connectivity index is 1.64. The summed E-state index contributed by atoms with van der Waals surface area (Å²) in [6.07, 6.45) is 14.9. The Morgan fingerprint density at radius 1 is 1.36 bits per heavy atom. The fourth-order valence-electron chi connectivity index (χ4n) is 4.26. The first-order chi connectivity index (χ1) is 13.3. The van der Waals surface area contributed by atoms with Crippen LogP contribution in [0.5, 0.6) is 0 Å². The maximum atomic E-state index is 11.0. The van der Waals surface area contributed by atoms with Gasteiger partial charge in [0.1, 0.15) is 0 Å². The topological polar surface area (TPSA) is 92.8 Å². The van der Waals surface area contributed by atoms with Gasteiger partial charge in [-0.1, -0.05) is 56.2 Å². The number of allylic oxidation sites excluding steroid dienone is 3. The van der Waals surface area contributed by atoms with Crippen molar-refractivity contribution in [1.82, 2.24) is 0 Å². The van der Waals surface area contributed by atoms with E-state index in [1.54, 1.807) is 0 Å². The number of phosphoric ester groups is 1. The molecule has 154 valence electrons. The molecule has 0 radical (unpaired) electrons. The molecular formula is C22H32NO4P. The predicted octanol–water partition coefficient (Wildman–Crippen LogP) is 4.84. The average molecular weight is 405 g/mol. The summed E-state index contributed by atoms with van der Waals surface area (Å²) >= 11 is 0. The molecule has 1 aromatic rings. The molecule has 5 nitrogen and oxygen atoms in total. The van der Waals surface area contributed by atoms with Crippen molar-refractivity contribution >= 4 is 13.9 Å². The van der Waals surface area contributed by atoms with Gasteiger partial charge in [-0.15, -0.1) is 0 Å². The van der Waals surface area contributed by atoms with Gasteiger partial charge in [0.05, 0.1) is 6.61 Å². The molecule has 1 saturated carbocycles. The number of benzene rings is 1. The van der Waals surface area contributed by atoms with E-state index in [0.717, 1.165) is 25.7 Å². The Labute approximate surface area is 167 Å². The van der Waals surface area contributed by atoms with Gasteiger partial charge in [-0.05, 0) is 66.7 Å². The summed E-state index contributed by atoms with van der Waals surface area (Å²) < 4.78 is 15.7. The molecule has 0 aromatic heterocycles. The van der Waals surface area contributed by atoms with Gasteiger partial charge >= 0.3 is 7.82 Å². The highest BCUT2D eigenvalue weighted by Gasteiger charge is 2.38. The Kier molecular flexibility index (Phi) is 6.95. The molecule has 2 atom stereocenters. The maximum absolute atomic E-state index is 11.0. The number of unbranched alkanes of at least 4 members (excludes halogenated alkanes) is 2. The fraction of sp³-hybridized carbons (Fsp3) is 0.545. The molecule has 0 bridgehead atoms. The summed E-state index contributed by atoms with van der Waals surface area (Å²) in [7, 11) is -4.48. The maximum Gasteiger partial charge on any atom is 0.469 e. The summed E-state index contributed by atoms with van der Waals surface area (Å²) in [5.74, 6) is 0.315. The van der Waals surface area contributed by atoms with Crippen LogP contribution in [0.4, 0.5) is 0 Å². The second-order valence-corrected chi connectivity index (χ2v) is 9.53. The molecule has 4 N–H and O–H groups in total. The van der Waals surface area contributed by atoms with Crippen LogP contribution in [0.1, 0.15) is 74.5 Å². The number of fused-ring (bicyclic) bond motifs is 1. The van der Waals surface area contributed by atoms with Gasteiger partial charge < -0.3 is 15.5 Å². The first kappa shape index (κ1) is 21.5. The molecule has 1 fully saturated rings. The van der Waals surface area contributed by atoms with Crippen molar-refractivity contribution in [3.63, 3.8) is 0 Å². The van der Waals surface area contributed by atoms with Crippen molar-refractivity contribution in [2.45, 2.75) is 69.7 Å². The average Bonchev–Trinajstić information content (AvgIpc) is 3.05. The van der Waals surface area contributed by atoms with Crippen LogP contribution in [0.15, 0.2) is 35.9 Å². The molecule has 28 heavy (non-hydrogen) atoms. The van der Waals surface area contributed by atoms with E-state index in [4.69, 9.17) is 15.5 Å². The van der Waals surface area contributed by atoms with Crippen LogP contribution < -0.4 is 5.73 Å². The molecule has 2 aliphatic rings. The van der Waals surface area contributed by atoms with Gasteiger partial charge in [0, 0.05) is 5.54 Å². The number of nitrogens with two attached hydrogens (primary N) is 1. The van der Waals surface area contributed by atoms with Crippen LogP contribution >= 0.6 is 7.82 Å². The SMILES string of the molecule is CCCC/C=C/C1=Cc2ccc([C@H]3CC[C@](N)(COP(=O)(O)O)C3)cc2CC1. The van der Waals surface area contributed by atoms with Crippen LogP contribution in [0, 0.1) is 0 Å². The van der Waals surface area contributed by atoms with Gasteiger partial charge in [0.2, 0.25) is 0 Å². The highest BCUT2D eigenvalue weighted by Crippen LogP contribution is 2.44. The molecule has 1 aromatic carbocycles. The third-order valence-corrected chi connectivity index (χ3v) is 6.35. The van der Waals surface area contributed by atoms with E-state index in [1.165, 1.54) is 35.1 Å². The second kappa shape index (κ2) is 9.06. The zero-order chi connectivity index (χ0) is 20.2. The molecular weight excluding hydrogens is 373 g/mol. The third-order valence-electron chi connectivity index (χ3n) is 5.88. The number of hydrogen-bond donors (Lipinski definition) is 3. The van der Waals surface area contributed by atoms with E-state index in [2.05, 4.69) is 47.9 Å². The van der Waals surface area contributed by atoms with Crippen LogP contribution in [0.2, 0.25) is 0 Å². The van der Waals surface area contributed by atoms with E-state index in [1.807, 2.05) is 0 Å². The minimum absolute atomic E-state index is 0.102. The normalized spacial score (nSPS) is 25.1. The summed E-state index contributed by atoms with van der Waals surface area (Å²) in [5, 5.41) is 0. The predicted molar refractivity (Wildman–Crippen MR) is 113 cm³/mol. The lowest BCUT2D eigenvalue weighted by molar-refractivity contribution is 0.153. The van der Waals surface area contributed by atoms with Crippen molar-refractivity contribution in [1.29, 1.82) is 0 Å². The van der Waals surface area contributed by atoms with Crippen molar-refractivity contribution in [2.24, 2.45) is 5.73 Å². The first-order valence-corrected chi connectivity index (χ1v) is 11.8.